The molecule has 0 amide bonds. The second-order valence-electron chi connectivity index (χ2n) is 6.52. The van der Waals surface area contributed by atoms with Gasteiger partial charge in [0.05, 0.1) is 5.69 Å². The summed E-state index contributed by atoms with van der Waals surface area (Å²) in [6.07, 6.45) is 3.39. The van der Waals surface area contributed by atoms with Crippen molar-refractivity contribution in [1.29, 1.82) is 0 Å². The second kappa shape index (κ2) is 6.56. The molecule has 0 saturated heterocycles. The van der Waals surface area contributed by atoms with E-state index in [2.05, 4.69) is 36.2 Å². The van der Waals surface area contributed by atoms with Gasteiger partial charge in [-0.25, -0.2) is 0 Å². The second-order valence-corrected chi connectivity index (χ2v) is 6.52. The van der Waals surface area contributed by atoms with Crippen LogP contribution in [0.3, 0.4) is 0 Å². The van der Waals surface area contributed by atoms with Gasteiger partial charge >= 0.3 is 0 Å². The van der Waals surface area contributed by atoms with E-state index in [-0.39, 0.29) is 5.78 Å². The number of para-hydroxylation sites is 1. The molecule has 2 heteroatoms. The average molecular weight is 327 g/mol. The summed E-state index contributed by atoms with van der Waals surface area (Å²) < 4.78 is 0. The van der Waals surface area contributed by atoms with Crippen molar-refractivity contribution in [2.24, 2.45) is 0 Å². The molecule has 0 spiro atoms. The van der Waals surface area contributed by atoms with Crippen molar-refractivity contribution in [1.82, 2.24) is 4.98 Å². The first-order valence-electron chi connectivity index (χ1n) is 8.91. The molecule has 0 aliphatic carbocycles. The first-order chi connectivity index (χ1) is 12.3. The van der Waals surface area contributed by atoms with E-state index in [0.717, 1.165) is 28.3 Å². The number of carbonyl (C=O) groups is 1. The summed E-state index contributed by atoms with van der Waals surface area (Å²) in [6.45, 7) is 2.20. The molecule has 0 fully saturated rings. The van der Waals surface area contributed by atoms with Gasteiger partial charge in [-0.05, 0) is 41.3 Å². The largest absolute Gasteiger partial charge is 0.352 e. The maximum atomic E-state index is 13.1. The number of hydrogen-bond acceptors (Lipinski definition) is 1. The average Bonchev–Trinajstić information content (AvgIpc) is 3.09. The lowest BCUT2D eigenvalue weighted by molar-refractivity contribution is 0.103. The van der Waals surface area contributed by atoms with Crippen LogP contribution in [-0.4, -0.2) is 10.8 Å². The molecule has 1 N–H and O–H groups in total. The monoisotopic (exact) mass is 327 g/mol. The molecular weight excluding hydrogens is 306 g/mol. The van der Waals surface area contributed by atoms with Gasteiger partial charge in [-0.3, -0.25) is 4.79 Å². The van der Waals surface area contributed by atoms with Crippen molar-refractivity contribution in [2.75, 3.05) is 0 Å². The molecule has 0 unspecified atom stereocenters. The Morgan fingerprint density at radius 2 is 1.68 bits per heavy atom. The van der Waals surface area contributed by atoms with Crippen LogP contribution in [0, 0.1) is 0 Å². The zero-order chi connectivity index (χ0) is 17.2. The lowest BCUT2D eigenvalue weighted by Gasteiger charge is -2.10. The van der Waals surface area contributed by atoms with E-state index in [4.69, 9.17) is 0 Å². The number of H-pyrrole nitrogens is 1. The fraction of sp³-hybridized carbons (Fsp3) is 0.174. The highest BCUT2D eigenvalue weighted by molar-refractivity contribution is 6.17. The Bertz CT molecular complexity index is 1030. The molecule has 3 aromatic carbocycles. The fourth-order valence-electron chi connectivity index (χ4n) is 3.49. The maximum Gasteiger partial charge on any atom is 0.209 e. The SMILES string of the molecule is CCCCc1ccc(C(=O)c2cc3ccccc3[nH]2)c2ccccc12. The van der Waals surface area contributed by atoms with E-state index in [1.807, 2.05) is 42.5 Å². The topological polar surface area (TPSA) is 32.9 Å². The number of carbonyl (C=O) groups excluding carboxylic acids is 1. The lowest BCUT2D eigenvalue weighted by Crippen LogP contribution is -2.03. The minimum atomic E-state index is 0.0504. The third kappa shape index (κ3) is 2.85. The molecule has 0 radical (unpaired) electrons. The standard InChI is InChI=1S/C23H21NO/c1-2-3-8-16-13-14-20(19-11-6-5-10-18(16)19)23(25)22-15-17-9-4-7-12-21(17)24-22/h4-7,9-15,24H,2-3,8H2,1H3. The molecule has 1 aromatic heterocycles. The Kier molecular flexibility index (Phi) is 4.10. The number of fused-ring (bicyclic) bond motifs is 2. The predicted octanol–water partition coefficient (Wildman–Crippen LogP) is 5.89. The molecule has 4 aromatic rings. The Morgan fingerprint density at radius 1 is 0.920 bits per heavy atom. The number of rotatable bonds is 5. The van der Waals surface area contributed by atoms with Crippen LogP contribution in [0.4, 0.5) is 0 Å². The Morgan fingerprint density at radius 3 is 2.48 bits per heavy atom. The number of aryl methyl sites for hydroxylation is 1. The molecule has 0 bridgehead atoms. The number of aromatic nitrogens is 1. The number of unbranched alkanes of at least 4 members (excludes halogenated alkanes) is 1. The summed E-state index contributed by atoms with van der Waals surface area (Å²) in [5.74, 6) is 0.0504. The third-order valence-electron chi connectivity index (χ3n) is 4.83. The van der Waals surface area contributed by atoms with E-state index in [9.17, 15) is 4.79 Å². The highest BCUT2D eigenvalue weighted by Gasteiger charge is 2.16. The van der Waals surface area contributed by atoms with Crippen molar-refractivity contribution in [2.45, 2.75) is 26.2 Å². The zero-order valence-electron chi connectivity index (χ0n) is 14.4. The Hall–Kier alpha value is -2.87. The van der Waals surface area contributed by atoms with Crippen LogP contribution >= 0.6 is 0 Å². The van der Waals surface area contributed by atoms with Crippen molar-refractivity contribution in [3.8, 4) is 0 Å². The summed E-state index contributed by atoms with van der Waals surface area (Å²) in [6, 6.07) is 22.3. The normalized spacial score (nSPS) is 11.2. The summed E-state index contributed by atoms with van der Waals surface area (Å²) in [4.78, 5) is 16.4. The molecule has 2 nitrogen and oxygen atoms in total. The molecule has 4 rings (SSSR count). The van der Waals surface area contributed by atoms with E-state index in [1.54, 1.807) is 0 Å². The Balaban J connectivity index is 1.82. The zero-order valence-corrected chi connectivity index (χ0v) is 14.4. The van der Waals surface area contributed by atoms with E-state index in [0.29, 0.717) is 5.69 Å². The molecule has 0 atom stereocenters. The van der Waals surface area contributed by atoms with Crippen LogP contribution < -0.4 is 0 Å². The first-order valence-corrected chi connectivity index (χ1v) is 8.91. The van der Waals surface area contributed by atoms with Crippen molar-refractivity contribution in [3.63, 3.8) is 0 Å². The van der Waals surface area contributed by atoms with Crippen molar-refractivity contribution < 1.29 is 4.79 Å². The molecule has 0 aliphatic heterocycles. The number of ketones is 1. The van der Waals surface area contributed by atoms with Gasteiger partial charge in [-0.15, -0.1) is 0 Å². The van der Waals surface area contributed by atoms with Gasteiger partial charge in [-0.1, -0.05) is 67.9 Å². The number of benzene rings is 3. The van der Waals surface area contributed by atoms with Crippen molar-refractivity contribution >= 4 is 27.5 Å². The minimum Gasteiger partial charge on any atom is -0.352 e. The molecular formula is C23H21NO. The molecule has 25 heavy (non-hydrogen) atoms. The summed E-state index contributed by atoms with van der Waals surface area (Å²) in [5.41, 5.74) is 3.73. The number of nitrogens with one attached hydrogen (secondary N) is 1. The maximum absolute atomic E-state index is 13.1. The van der Waals surface area contributed by atoms with E-state index >= 15 is 0 Å². The van der Waals surface area contributed by atoms with Gasteiger partial charge in [0.1, 0.15) is 0 Å². The fourth-order valence-corrected chi connectivity index (χ4v) is 3.49. The number of hydrogen-bond donors (Lipinski definition) is 1. The molecule has 1 heterocycles. The van der Waals surface area contributed by atoms with Gasteiger partial charge in [0.25, 0.3) is 0 Å². The van der Waals surface area contributed by atoms with Crippen molar-refractivity contribution in [3.05, 3.63) is 83.6 Å². The predicted molar refractivity (Wildman–Crippen MR) is 104 cm³/mol. The minimum absolute atomic E-state index is 0.0504. The van der Waals surface area contributed by atoms with Gasteiger partial charge in [0, 0.05) is 16.5 Å². The van der Waals surface area contributed by atoms with Gasteiger partial charge in [0.15, 0.2) is 0 Å². The molecule has 124 valence electrons. The van der Waals surface area contributed by atoms with Gasteiger partial charge in [0.2, 0.25) is 5.78 Å². The van der Waals surface area contributed by atoms with Crippen LogP contribution in [0.15, 0.2) is 66.7 Å². The van der Waals surface area contributed by atoms with E-state index < -0.39 is 0 Å². The Labute approximate surface area is 147 Å². The smallest absolute Gasteiger partial charge is 0.209 e. The summed E-state index contributed by atoms with van der Waals surface area (Å²) in [7, 11) is 0. The van der Waals surface area contributed by atoms with Crippen LogP contribution in [0.2, 0.25) is 0 Å². The highest BCUT2D eigenvalue weighted by atomic mass is 16.1. The summed E-state index contributed by atoms with van der Waals surface area (Å²) >= 11 is 0. The van der Waals surface area contributed by atoms with Crippen LogP contribution in [0.25, 0.3) is 21.7 Å². The quantitative estimate of drug-likeness (QED) is 0.455. The summed E-state index contributed by atoms with van der Waals surface area (Å²) in [5, 5.41) is 3.30. The van der Waals surface area contributed by atoms with Gasteiger partial charge in [-0.2, -0.15) is 0 Å². The highest BCUT2D eigenvalue weighted by Crippen LogP contribution is 2.27. The first kappa shape index (κ1) is 15.6. The lowest BCUT2D eigenvalue weighted by atomic mass is 9.94. The third-order valence-corrected chi connectivity index (χ3v) is 4.83. The molecule has 0 saturated carbocycles. The molecule has 0 aliphatic rings. The van der Waals surface area contributed by atoms with Crippen LogP contribution in [0.1, 0.15) is 41.4 Å². The van der Waals surface area contributed by atoms with Crippen LogP contribution in [0.5, 0.6) is 0 Å². The number of aromatic amines is 1. The van der Waals surface area contributed by atoms with Crippen LogP contribution in [-0.2, 0) is 6.42 Å². The van der Waals surface area contributed by atoms with E-state index in [1.165, 1.54) is 23.8 Å². The van der Waals surface area contributed by atoms with Gasteiger partial charge < -0.3 is 4.98 Å².